The van der Waals surface area contributed by atoms with Gasteiger partial charge >= 0.3 is 0 Å². The summed E-state index contributed by atoms with van der Waals surface area (Å²) in [5.74, 6) is 0. The van der Waals surface area contributed by atoms with Gasteiger partial charge in [0.1, 0.15) is 0 Å². The van der Waals surface area contributed by atoms with Gasteiger partial charge in [-0.3, -0.25) is 4.79 Å². The smallest absolute Gasteiger partial charge is 0.250 e. The van der Waals surface area contributed by atoms with E-state index in [9.17, 15) is 4.79 Å². The molecule has 1 aromatic carbocycles. The lowest BCUT2D eigenvalue weighted by molar-refractivity contribution is 0.697. The van der Waals surface area contributed by atoms with Crippen molar-refractivity contribution in [3.8, 4) is 0 Å². The molecule has 2 aromatic rings. The van der Waals surface area contributed by atoms with Crippen LogP contribution in [0.4, 0.5) is 5.69 Å². The Balaban J connectivity index is 2.00. The van der Waals surface area contributed by atoms with Crippen LogP contribution in [0.15, 0.2) is 51.9 Å². The topological polar surface area (TPSA) is 34.0 Å². The van der Waals surface area contributed by atoms with Crippen molar-refractivity contribution in [2.75, 3.05) is 11.9 Å². The Hall–Kier alpha value is -1.55. The van der Waals surface area contributed by atoms with E-state index >= 15 is 0 Å². The Kier molecular flexibility index (Phi) is 4.80. The average molecular weight is 321 g/mol. The fourth-order valence-corrected chi connectivity index (χ4v) is 2.39. The van der Waals surface area contributed by atoms with E-state index < -0.39 is 0 Å². The number of aromatic nitrogens is 1. The number of aryl methyl sites for hydroxylation is 1. The molecule has 4 heteroatoms. The van der Waals surface area contributed by atoms with Crippen LogP contribution >= 0.6 is 15.9 Å². The first-order valence-electron chi connectivity index (χ1n) is 6.38. The third-order valence-corrected chi connectivity index (χ3v) is 3.51. The van der Waals surface area contributed by atoms with Crippen molar-refractivity contribution in [2.45, 2.75) is 19.9 Å². The van der Waals surface area contributed by atoms with Gasteiger partial charge in [-0.1, -0.05) is 28.9 Å². The quantitative estimate of drug-likeness (QED) is 0.917. The molecule has 0 radical (unpaired) electrons. The summed E-state index contributed by atoms with van der Waals surface area (Å²) in [5.41, 5.74) is 2.44. The summed E-state index contributed by atoms with van der Waals surface area (Å²) >= 11 is 3.48. The predicted octanol–water partition coefficient (Wildman–Crippen LogP) is 3.29. The third-order valence-electron chi connectivity index (χ3n) is 3.02. The fourth-order valence-electron chi connectivity index (χ4n) is 1.98. The van der Waals surface area contributed by atoms with Gasteiger partial charge in [-0.2, -0.15) is 0 Å². The SMILES string of the molecule is CCc1cc(Br)ccc1NCCn1ccccc1=O. The summed E-state index contributed by atoms with van der Waals surface area (Å²) in [7, 11) is 0. The summed E-state index contributed by atoms with van der Waals surface area (Å²) in [4.78, 5) is 11.6. The van der Waals surface area contributed by atoms with Gasteiger partial charge in [0.2, 0.25) is 0 Å². The largest absolute Gasteiger partial charge is 0.383 e. The molecule has 1 N–H and O–H groups in total. The highest BCUT2D eigenvalue weighted by Crippen LogP contribution is 2.21. The maximum atomic E-state index is 11.6. The van der Waals surface area contributed by atoms with Gasteiger partial charge in [0, 0.05) is 35.5 Å². The molecule has 0 amide bonds. The molecule has 100 valence electrons. The van der Waals surface area contributed by atoms with E-state index in [2.05, 4.69) is 40.3 Å². The van der Waals surface area contributed by atoms with Gasteiger partial charge < -0.3 is 9.88 Å². The highest BCUT2D eigenvalue weighted by atomic mass is 79.9. The molecule has 0 atom stereocenters. The normalized spacial score (nSPS) is 10.4. The first-order valence-corrected chi connectivity index (χ1v) is 7.18. The molecule has 0 aliphatic heterocycles. The van der Waals surface area contributed by atoms with E-state index in [1.807, 2.05) is 18.3 Å². The van der Waals surface area contributed by atoms with Gasteiger partial charge in [-0.05, 0) is 36.2 Å². The Morgan fingerprint density at radius 3 is 2.84 bits per heavy atom. The summed E-state index contributed by atoms with van der Waals surface area (Å²) in [6.07, 6.45) is 2.79. The summed E-state index contributed by atoms with van der Waals surface area (Å²) < 4.78 is 2.80. The van der Waals surface area contributed by atoms with Crippen LogP contribution in [-0.2, 0) is 13.0 Å². The molecule has 0 saturated heterocycles. The molecule has 0 aliphatic carbocycles. The van der Waals surface area contributed by atoms with E-state index in [1.165, 1.54) is 5.56 Å². The van der Waals surface area contributed by atoms with Crippen molar-refractivity contribution in [3.05, 3.63) is 63.0 Å². The van der Waals surface area contributed by atoms with E-state index in [0.717, 1.165) is 23.1 Å². The molecular formula is C15H17BrN2O. The van der Waals surface area contributed by atoms with Gasteiger partial charge in [0.25, 0.3) is 5.56 Å². The first kappa shape index (κ1) is 13.9. The number of benzene rings is 1. The molecule has 1 heterocycles. The Morgan fingerprint density at radius 2 is 2.11 bits per heavy atom. The van der Waals surface area contributed by atoms with Crippen LogP contribution in [0.5, 0.6) is 0 Å². The second kappa shape index (κ2) is 6.57. The van der Waals surface area contributed by atoms with Crippen molar-refractivity contribution < 1.29 is 0 Å². The minimum atomic E-state index is 0.0378. The molecule has 1 aromatic heterocycles. The number of anilines is 1. The van der Waals surface area contributed by atoms with E-state index in [-0.39, 0.29) is 5.56 Å². The predicted molar refractivity (Wildman–Crippen MR) is 82.7 cm³/mol. The van der Waals surface area contributed by atoms with Crippen molar-refractivity contribution in [3.63, 3.8) is 0 Å². The van der Waals surface area contributed by atoms with Crippen LogP contribution in [0.25, 0.3) is 0 Å². The van der Waals surface area contributed by atoms with Crippen LogP contribution in [-0.4, -0.2) is 11.1 Å². The zero-order chi connectivity index (χ0) is 13.7. The lowest BCUT2D eigenvalue weighted by Gasteiger charge is -2.12. The molecule has 0 bridgehead atoms. The zero-order valence-corrected chi connectivity index (χ0v) is 12.5. The van der Waals surface area contributed by atoms with Crippen LogP contribution in [0.3, 0.4) is 0 Å². The van der Waals surface area contributed by atoms with Crippen molar-refractivity contribution in [1.82, 2.24) is 4.57 Å². The maximum Gasteiger partial charge on any atom is 0.250 e. The Morgan fingerprint density at radius 1 is 1.26 bits per heavy atom. The lowest BCUT2D eigenvalue weighted by atomic mass is 10.1. The van der Waals surface area contributed by atoms with Gasteiger partial charge in [0.05, 0.1) is 0 Å². The summed E-state index contributed by atoms with van der Waals surface area (Å²) in [6.45, 7) is 3.53. The number of hydrogen-bond donors (Lipinski definition) is 1. The summed E-state index contributed by atoms with van der Waals surface area (Å²) in [5, 5.41) is 3.39. The highest BCUT2D eigenvalue weighted by Gasteiger charge is 2.01. The molecule has 0 spiro atoms. The van der Waals surface area contributed by atoms with Crippen molar-refractivity contribution in [1.29, 1.82) is 0 Å². The zero-order valence-electron chi connectivity index (χ0n) is 10.9. The number of hydrogen-bond acceptors (Lipinski definition) is 2. The Bertz CT molecular complexity index is 607. The number of pyridine rings is 1. The molecule has 0 fully saturated rings. The van der Waals surface area contributed by atoms with Crippen LogP contribution in [0, 0.1) is 0 Å². The molecule has 0 saturated carbocycles. The van der Waals surface area contributed by atoms with Gasteiger partial charge in [-0.25, -0.2) is 0 Å². The lowest BCUT2D eigenvalue weighted by Crippen LogP contribution is -2.22. The van der Waals surface area contributed by atoms with E-state index in [0.29, 0.717) is 6.54 Å². The molecule has 19 heavy (non-hydrogen) atoms. The monoisotopic (exact) mass is 320 g/mol. The average Bonchev–Trinajstić information content (AvgIpc) is 2.42. The number of halogens is 1. The van der Waals surface area contributed by atoms with Crippen molar-refractivity contribution >= 4 is 21.6 Å². The van der Waals surface area contributed by atoms with Gasteiger partial charge in [0.15, 0.2) is 0 Å². The molecular weight excluding hydrogens is 304 g/mol. The van der Waals surface area contributed by atoms with E-state index in [4.69, 9.17) is 0 Å². The standard InChI is InChI=1S/C15H17BrN2O/c1-2-12-11-13(16)6-7-14(12)17-8-10-18-9-4-3-5-15(18)19/h3-7,9,11,17H,2,8,10H2,1H3. The molecule has 0 unspecified atom stereocenters. The van der Waals surface area contributed by atoms with E-state index in [1.54, 1.807) is 16.7 Å². The Labute approximate surface area is 121 Å². The number of nitrogens with zero attached hydrogens (tertiary/aromatic N) is 1. The first-order chi connectivity index (χ1) is 9.20. The second-order valence-corrected chi connectivity index (χ2v) is 5.23. The molecule has 3 nitrogen and oxygen atoms in total. The van der Waals surface area contributed by atoms with Crippen molar-refractivity contribution in [2.24, 2.45) is 0 Å². The molecule has 2 rings (SSSR count). The van der Waals surface area contributed by atoms with Crippen LogP contribution in [0.2, 0.25) is 0 Å². The number of nitrogens with one attached hydrogen (secondary N) is 1. The molecule has 0 aliphatic rings. The minimum absolute atomic E-state index is 0.0378. The minimum Gasteiger partial charge on any atom is -0.383 e. The second-order valence-electron chi connectivity index (χ2n) is 4.31. The fraction of sp³-hybridized carbons (Fsp3) is 0.267. The summed E-state index contributed by atoms with van der Waals surface area (Å²) in [6, 6.07) is 11.4. The van der Waals surface area contributed by atoms with Crippen LogP contribution < -0.4 is 10.9 Å². The highest BCUT2D eigenvalue weighted by molar-refractivity contribution is 9.10. The third kappa shape index (κ3) is 3.70. The van der Waals surface area contributed by atoms with Crippen LogP contribution in [0.1, 0.15) is 12.5 Å². The maximum absolute atomic E-state index is 11.6. The van der Waals surface area contributed by atoms with Gasteiger partial charge in [-0.15, -0.1) is 0 Å². The number of rotatable bonds is 5.